The number of aliphatic carboxylic acids is 1. The molecule has 18 heavy (non-hydrogen) atoms. The van der Waals surface area contributed by atoms with Crippen molar-refractivity contribution in [3.63, 3.8) is 0 Å². The maximum Gasteiger partial charge on any atom is 0.220 e. The molecule has 1 N–H and O–H groups in total. The van der Waals surface area contributed by atoms with Crippen molar-refractivity contribution < 1.29 is 14.7 Å². The molecule has 0 spiro atoms. The van der Waals surface area contributed by atoms with Gasteiger partial charge in [0.05, 0.1) is 12.0 Å². The standard InChI is InChI=1S/C13H25NO3S/c1-3-4-5-6-7-8-12(15)14-11(13(16)17)9-10-18-2/h11H,3-10H2,1-2H3,(H,14,15)(H,16,17)/p-1. The molecule has 1 atom stereocenters. The molecule has 0 aromatic carbocycles. The van der Waals surface area contributed by atoms with E-state index >= 15 is 0 Å². The molecule has 0 aliphatic rings. The first kappa shape index (κ1) is 17.3. The molecule has 0 saturated carbocycles. The maximum absolute atomic E-state index is 11.5. The summed E-state index contributed by atoms with van der Waals surface area (Å²) in [6.07, 6.45) is 8.10. The Morgan fingerprint density at radius 1 is 1.22 bits per heavy atom. The van der Waals surface area contributed by atoms with Gasteiger partial charge in [-0.1, -0.05) is 32.6 Å². The molecule has 0 radical (unpaired) electrons. The number of rotatable bonds is 11. The Morgan fingerprint density at radius 3 is 2.44 bits per heavy atom. The lowest BCUT2D eigenvalue weighted by Crippen LogP contribution is -2.48. The van der Waals surface area contributed by atoms with E-state index in [-0.39, 0.29) is 5.91 Å². The van der Waals surface area contributed by atoms with Gasteiger partial charge in [0.1, 0.15) is 0 Å². The van der Waals surface area contributed by atoms with Crippen LogP contribution in [0.25, 0.3) is 0 Å². The third-order valence-electron chi connectivity index (χ3n) is 2.74. The van der Waals surface area contributed by atoms with E-state index in [0.29, 0.717) is 18.6 Å². The Labute approximate surface area is 114 Å². The summed E-state index contributed by atoms with van der Waals surface area (Å²) in [5.41, 5.74) is 0. The largest absolute Gasteiger partial charge is 0.548 e. The minimum atomic E-state index is -1.19. The first-order chi connectivity index (χ1) is 8.61. The highest BCUT2D eigenvalue weighted by Gasteiger charge is 2.12. The van der Waals surface area contributed by atoms with Gasteiger partial charge in [-0.25, -0.2) is 0 Å². The predicted octanol–water partition coefficient (Wildman–Crippen LogP) is 1.33. The third-order valence-corrected chi connectivity index (χ3v) is 3.38. The van der Waals surface area contributed by atoms with Crippen LogP contribution in [0.5, 0.6) is 0 Å². The molecule has 0 aliphatic heterocycles. The Balaban J connectivity index is 3.77. The van der Waals surface area contributed by atoms with Crippen molar-refractivity contribution in [2.24, 2.45) is 0 Å². The predicted molar refractivity (Wildman–Crippen MR) is 73.3 cm³/mol. The molecular weight excluding hydrogens is 250 g/mol. The van der Waals surface area contributed by atoms with Crippen LogP contribution < -0.4 is 10.4 Å². The summed E-state index contributed by atoms with van der Waals surface area (Å²) >= 11 is 1.56. The number of thioether (sulfide) groups is 1. The molecule has 1 amide bonds. The van der Waals surface area contributed by atoms with Gasteiger partial charge in [0.2, 0.25) is 5.91 Å². The van der Waals surface area contributed by atoms with E-state index in [4.69, 9.17) is 0 Å². The van der Waals surface area contributed by atoms with E-state index < -0.39 is 12.0 Å². The van der Waals surface area contributed by atoms with Crippen LogP contribution in [0.4, 0.5) is 0 Å². The first-order valence-electron chi connectivity index (χ1n) is 6.61. The number of hydrogen-bond acceptors (Lipinski definition) is 4. The average Bonchev–Trinajstić information content (AvgIpc) is 2.33. The molecule has 106 valence electrons. The number of carboxylic acids is 1. The summed E-state index contributed by atoms with van der Waals surface area (Å²) in [5, 5.41) is 13.3. The van der Waals surface area contributed by atoms with Crippen molar-refractivity contribution >= 4 is 23.6 Å². The molecule has 0 saturated heterocycles. The van der Waals surface area contributed by atoms with Crippen LogP contribution in [0.1, 0.15) is 51.9 Å². The molecule has 0 aliphatic carbocycles. The highest BCUT2D eigenvalue weighted by Crippen LogP contribution is 2.06. The summed E-state index contributed by atoms with van der Waals surface area (Å²) in [6.45, 7) is 2.14. The van der Waals surface area contributed by atoms with Crippen molar-refractivity contribution in [1.29, 1.82) is 0 Å². The van der Waals surface area contributed by atoms with Crippen molar-refractivity contribution in [3.05, 3.63) is 0 Å². The van der Waals surface area contributed by atoms with Gasteiger partial charge in [-0.15, -0.1) is 0 Å². The van der Waals surface area contributed by atoms with Crippen molar-refractivity contribution in [1.82, 2.24) is 5.32 Å². The summed E-state index contributed by atoms with van der Waals surface area (Å²) in [6, 6.07) is -0.847. The lowest BCUT2D eigenvalue weighted by atomic mass is 10.1. The number of unbranched alkanes of at least 4 members (excludes halogenated alkanes) is 4. The SMILES string of the molecule is CCCCCCCC(=O)NC(CCSC)C(=O)[O-]. The van der Waals surface area contributed by atoms with E-state index in [1.807, 2.05) is 6.26 Å². The minimum Gasteiger partial charge on any atom is -0.548 e. The number of nitrogens with one attached hydrogen (secondary N) is 1. The maximum atomic E-state index is 11.5. The normalized spacial score (nSPS) is 12.1. The van der Waals surface area contributed by atoms with Gasteiger partial charge in [-0.05, 0) is 24.9 Å². The Morgan fingerprint density at radius 2 is 1.89 bits per heavy atom. The van der Waals surface area contributed by atoms with E-state index in [0.717, 1.165) is 19.3 Å². The fraction of sp³-hybridized carbons (Fsp3) is 0.846. The lowest BCUT2D eigenvalue weighted by Gasteiger charge is -2.19. The Bertz CT molecular complexity index is 246. The fourth-order valence-electron chi connectivity index (χ4n) is 1.64. The van der Waals surface area contributed by atoms with Crippen LogP contribution in [-0.2, 0) is 9.59 Å². The second kappa shape index (κ2) is 11.4. The number of hydrogen-bond donors (Lipinski definition) is 1. The Kier molecular flexibility index (Phi) is 10.9. The molecule has 1 unspecified atom stereocenters. The second-order valence-corrected chi connectivity index (χ2v) is 5.37. The molecule has 0 aromatic rings. The van der Waals surface area contributed by atoms with E-state index in [1.54, 1.807) is 11.8 Å². The zero-order valence-corrected chi connectivity index (χ0v) is 12.2. The van der Waals surface area contributed by atoms with Crippen LogP contribution in [0.2, 0.25) is 0 Å². The third kappa shape index (κ3) is 9.33. The summed E-state index contributed by atoms with van der Waals surface area (Å²) in [7, 11) is 0. The summed E-state index contributed by atoms with van der Waals surface area (Å²) < 4.78 is 0. The highest BCUT2D eigenvalue weighted by atomic mass is 32.2. The topological polar surface area (TPSA) is 69.2 Å². The van der Waals surface area contributed by atoms with Crippen LogP contribution >= 0.6 is 11.8 Å². The quantitative estimate of drug-likeness (QED) is 0.577. The zero-order chi connectivity index (χ0) is 13.8. The first-order valence-corrected chi connectivity index (χ1v) is 8.00. The monoisotopic (exact) mass is 274 g/mol. The Hall–Kier alpha value is -0.710. The average molecular weight is 274 g/mol. The highest BCUT2D eigenvalue weighted by molar-refractivity contribution is 7.98. The molecule has 0 aromatic heterocycles. The van der Waals surface area contributed by atoms with E-state index in [9.17, 15) is 14.7 Å². The van der Waals surface area contributed by atoms with Gasteiger partial charge < -0.3 is 15.2 Å². The number of carbonyl (C=O) groups excluding carboxylic acids is 2. The van der Waals surface area contributed by atoms with Gasteiger partial charge in [0.25, 0.3) is 0 Å². The number of carbonyl (C=O) groups is 2. The molecule has 0 heterocycles. The zero-order valence-electron chi connectivity index (χ0n) is 11.4. The van der Waals surface area contributed by atoms with Gasteiger partial charge in [0.15, 0.2) is 0 Å². The van der Waals surface area contributed by atoms with Crippen molar-refractivity contribution in [2.75, 3.05) is 12.0 Å². The van der Waals surface area contributed by atoms with Gasteiger partial charge >= 0.3 is 0 Å². The van der Waals surface area contributed by atoms with Gasteiger partial charge in [0, 0.05) is 6.42 Å². The molecule has 0 bridgehead atoms. The number of amides is 1. The smallest absolute Gasteiger partial charge is 0.220 e. The molecule has 5 heteroatoms. The van der Waals surface area contributed by atoms with E-state index in [2.05, 4.69) is 12.2 Å². The van der Waals surface area contributed by atoms with Crippen LogP contribution in [0.3, 0.4) is 0 Å². The second-order valence-electron chi connectivity index (χ2n) is 4.38. The van der Waals surface area contributed by atoms with Crippen LogP contribution in [-0.4, -0.2) is 29.9 Å². The fourth-order valence-corrected chi connectivity index (χ4v) is 2.11. The van der Waals surface area contributed by atoms with Crippen LogP contribution in [0.15, 0.2) is 0 Å². The van der Waals surface area contributed by atoms with Gasteiger partial charge in [-0.2, -0.15) is 11.8 Å². The van der Waals surface area contributed by atoms with E-state index in [1.165, 1.54) is 12.8 Å². The molecule has 4 nitrogen and oxygen atoms in total. The van der Waals surface area contributed by atoms with Crippen molar-refractivity contribution in [3.8, 4) is 0 Å². The molecule has 0 fully saturated rings. The lowest BCUT2D eigenvalue weighted by molar-refractivity contribution is -0.308. The minimum absolute atomic E-state index is 0.179. The molecular formula is C13H24NO3S-. The van der Waals surface area contributed by atoms with Gasteiger partial charge in [-0.3, -0.25) is 4.79 Å². The van der Waals surface area contributed by atoms with Crippen molar-refractivity contribution in [2.45, 2.75) is 57.9 Å². The summed E-state index contributed by atoms with van der Waals surface area (Å²) in [4.78, 5) is 22.4. The number of carboxylic acid groups (broad SMARTS) is 1. The van der Waals surface area contributed by atoms with Crippen LogP contribution in [0, 0.1) is 0 Å². The molecule has 0 rings (SSSR count). The summed E-state index contributed by atoms with van der Waals surface area (Å²) in [5.74, 6) is -0.666.